The summed E-state index contributed by atoms with van der Waals surface area (Å²) < 4.78 is 18.0. The van der Waals surface area contributed by atoms with Crippen LogP contribution in [0.1, 0.15) is 0 Å². The van der Waals surface area contributed by atoms with Crippen LogP contribution in [-0.4, -0.2) is 11.0 Å². The van der Waals surface area contributed by atoms with Gasteiger partial charge >= 0.3 is 8.25 Å². The monoisotopic (exact) mass is 177 g/mol. The zero-order chi connectivity index (χ0) is 6.41. The first-order chi connectivity index (χ1) is 3.81. The molecular formula is H10N4O5P+. The van der Waals surface area contributed by atoms with E-state index in [1.54, 1.807) is 11.2 Å². The number of nitrogens with two attached hydrogens (primary N) is 2. The predicted octanol–water partition coefficient (Wildman–Crippen LogP) is -3.22. The lowest BCUT2D eigenvalue weighted by molar-refractivity contribution is 0.119. The van der Waals surface area contributed by atoms with Gasteiger partial charge in [0.2, 0.25) is 0 Å². The highest BCUT2D eigenvalue weighted by Crippen LogP contribution is 2.17. The molecule has 0 aliphatic heterocycles. The minimum absolute atomic E-state index is 0. The van der Waals surface area contributed by atoms with Crippen molar-refractivity contribution in [2.75, 3.05) is 0 Å². The molecule has 0 aromatic heterocycles. The molecule has 0 fully saturated rings. The molecule has 0 amide bonds. The van der Waals surface area contributed by atoms with Crippen molar-refractivity contribution in [1.82, 2.24) is 11.2 Å². The van der Waals surface area contributed by atoms with Gasteiger partial charge in [-0.1, -0.05) is 11.2 Å². The van der Waals surface area contributed by atoms with Crippen molar-refractivity contribution in [3.8, 4) is 0 Å². The molecule has 10 N–H and O–H groups in total. The molecule has 0 aromatic rings. The molecule has 9 nitrogen and oxygen atoms in total. The Hall–Kier alpha value is -0.220. The second-order valence-corrected chi connectivity index (χ2v) is 1.45. The fourth-order valence-electron chi connectivity index (χ4n) is 0.105. The van der Waals surface area contributed by atoms with Gasteiger partial charge in [0.05, 0.1) is 0 Å². The molecule has 0 aliphatic rings. The van der Waals surface area contributed by atoms with E-state index in [1.807, 2.05) is 0 Å². The van der Waals surface area contributed by atoms with Crippen LogP contribution in [0.4, 0.5) is 0 Å². The van der Waals surface area contributed by atoms with Gasteiger partial charge < -0.3 is 11.0 Å². The summed E-state index contributed by atoms with van der Waals surface area (Å²) in [6, 6.07) is 0. The quantitative estimate of drug-likeness (QED) is 0.198. The van der Waals surface area contributed by atoms with Crippen LogP contribution in [0.3, 0.4) is 0 Å². The average molecular weight is 177 g/mol. The van der Waals surface area contributed by atoms with Crippen molar-refractivity contribution in [2.24, 2.45) is 11.7 Å². The molecular weight excluding hydrogens is 167 g/mol. The fourth-order valence-corrected chi connectivity index (χ4v) is 0.314. The molecule has 0 spiro atoms. The van der Waals surface area contributed by atoms with E-state index in [9.17, 15) is 4.57 Å². The Balaban J connectivity index is -0.000000245. The molecule has 0 radical (unpaired) electrons. The van der Waals surface area contributed by atoms with Crippen molar-refractivity contribution in [1.29, 1.82) is 0 Å². The summed E-state index contributed by atoms with van der Waals surface area (Å²) in [6.07, 6.45) is 0. The number of hydrogen-bond acceptors (Lipinski definition) is 7. The lowest BCUT2D eigenvalue weighted by atomic mass is 12.8. The third-order valence-corrected chi connectivity index (χ3v) is 0.763. The zero-order valence-corrected chi connectivity index (χ0v) is 5.72. The van der Waals surface area contributed by atoms with Crippen LogP contribution >= 0.6 is 8.25 Å². The van der Waals surface area contributed by atoms with Crippen LogP contribution < -0.4 is 22.9 Å². The fraction of sp³-hybridized carbons (Fsp3) is 0. The van der Waals surface area contributed by atoms with Gasteiger partial charge in [0, 0.05) is 4.57 Å². The van der Waals surface area contributed by atoms with Crippen LogP contribution in [0.5, 0.6) is 0 Å². The molecule has 0 heterocycles. The van der Waals surface area contributed by atoms with E-state index < -0.39 is 8.25 Å². The largest absolute Gasteiger partial charge is 0.737 e. The molecule has 0 saturated carbocycles. The Bertz CT molecular complexity index is 68.0. The zero-order valence-electron chi connectivity index (χ0n) is 4.83. The maximum Gasteiger partial charge on any atom is 0.737 e. The van der Waals surface area contributed by atoms with Gasteiger partial charge in [-0.05, 0) is 9.25 Å². The van der Waals surface area contributed by atoms with Crippen molar-refractivity contribution in [2.45, 2.75) is 0 Å². The highest BCUT2D eigenvalue weighted by Gasteiger charge is 2.18. The van der Waals surface area contributed by atoms with Gasteiger partial charge in [-0.15, -0.1) is 0 Å². The minimum Gasteiger partial charge on any atom is -0.412 e. The van der Waals surface area contributed by atoms with E-state index in [0.717, 1.165) is 0 Å². The first-order valence-corrected chi connectivity index (χ1v) is 2.63. The van der Waals surface area contributed by atoms with Crippen molar-refractivity contribution in [3.05, 3.63) is 0 Å². The van der Waals surface area contributed by atoms with Gasteiger partial charge in [0.25, 0.3) is 0 Å². The number of rotatable bonds is 4. The second-order valence-electron chi connectivity index (χ2n) is 0.642. The highest BCUT2D eigenvalue weighted by molar-refractivity contribution is 7.33. The highest BCUT2D eigenvalue weighted by atomic mass is 31.1. The summed E-state index contributed by atoms with van der Waals surface area (Å²) in [4.78, 5) is 0. The second kappa shape index (κ2) is 11.6. The van der Waals surface area contributed by atoms with Gasteiger partial charge in [-0.3, -0.25) is 0 Å². The van der Waals surface area contributed by atoms with E-state index in [1.165, 1.54) is 0 Å². The standard InChI is InChI=1S/H6N4O3P.2H2O/c1-3-6-8(5)7-4-2;;/h3-4H,1-2H2;2*1H2/q+1;;. The van der Waals surface area contributed by atoms with E-state index in [2.05, 4.69) is 20.9 Å². The minimum atomic E-state index is -2.30. The Morgan fingerprint density at radius 3 is 1.60 bits per heavy atom. The number of hydrogen-bond donors (Lipinski definition) is 4. The summed E-state index contributed by atoms with van der Waals surface area (Å²) >= 11 is 0. The van der Waals surface area contributed by atoms with Crippen LogP contribution in [0.25, 0.3) is 0 Å². The first kappa shape index (κ1) is 16.4. The Labute approximate surface area is 57.1 Å². The molecule has 0 saturated heterocycles. The summed E-state index contributed by atoms with van der Waals surface area (Å²) in [7, 11) is -2.30. The predicted molar refractivity (Wildman–Crippen MR) is 31.7 cm³/mol. The molecule has 64 valence electrons. The molecule has 10 heteroatoms. The maximum atomic E-state index is 10.1. The van der Waals surface area contributed by atoms with E-state index >= 15 is 0 Å². The van der Waals surface area contributed by atoms with Crippen molar-refractivity contribution >= 4 is 8.25 Å². The third-order valence-electron chi connectivity index (χ3n) is 0.254. The van der Waals surface area contributed by atoms with Gasteiger partial charge in [-0.2, -0.15) is 0 Å². The number of nitrogens with one attached hydrogen (secondary N) is 2. The molecule has 0 rings (SSSR count). The summed E-state index contributed by atoms with van der Waals surface area (Å²) in [5.41, 5.74) is 3.30. The SMILES string of the molecule is NNO[P+](=O)ONN.O.O. The summed E-state index contributed by atoms with van der Waals surface area (Å²) in [6.45, 7) is 0. The van der Waals surface area contributed by atoms with Crippen molar-refractivity contribution < 1.29 is 24.8 Å². The maximum absolute atomic E-state index is 10.1. The molecule has 10 heavy (non-hydrogen) atoms. The smallest absolute Gasteiger partial charge is 0.412 e. The van der Waals surface area contributed by atoms with E-state index in [4.69, 9.17) is 0 Å². The Morgan fingerprint density at radius 2 is 1.40 bits per heavy atom. The molecule has 0 aromatic carbocycles. The third kappa shape index (κ3) is 10.7. The lowest BCUT2D eigenvalue weighted by Gasteiger charge is -1.81. The van der Waals surface area contributed by atoms with Crippen LogP contribution in [0.15, 0.2) is 0 Å². The van der Waals surface area contributed by atoms with Crippen molar-refractivity contribution in [3.63, 3.8) is 0 Å². The van der Waals surface area contributed by atoms with Gasteiger partial charge in [0.15, 0.2) is 0 Å². The average Bonchev–Trinajstić information content (AvgIpc) is 1.68. The Morgan fingerprint density at radius 1 is 1.10 bits per heavy atom. The topological polar surface area (TPSA) is 175 Å². The van der Waals surface area contributed by atoms with Gasteiger partial charge in [-0.25, -0.2) is 11.7 Å². The lowest BCUT2D eigenvalue weighted by Crippen LogP contribution is -2.22. The molecule has 0 atom stereocenters. The number of hydrazine groups is 2. The van der Waals surface area contributed by atoms with Crippen LogP contribution in [-0.2, 0) is 13.8 Å². The van der Waals surface area contributed by atoms with Crippen LogP contribution in [0.2, 0.25) is 0 Å². The molecule has 0 bridgehead atoms. The van der Waals surface area contributed by atoms with Gasteiger partial charge in [0.1, 0.15) is 0 Å². The van der Waals surface area contributed by atoms with E-state index in [-0.39, 0.29) is 11.0 Å². The summed E-state index contributed by atoms with van der Waals surface area (Å²) in [5.74, 6) is 9.11. The Kier molecular flexibility index (Phi) is 19.0. The first-order valence-electron chi connectivity index (χ1n) is 1.53. The molecule has 0 unspecified atom stereocenters. The normalized spacial score (nSPS) is 7.40. The molecule has 0 aliphatic carbocycles. The van der Waals surface area contributed by atoms with Crippen LogP contribution in [0, 0.1) is 0 Å². The summed E-state index contributed by atoms with van der Waals surface area (Å²) in [5, 5.41) is 0. The van der Waals surface area contributed by atoms with E-state index in [0.29, 0.717) is 0 Å².